The lowest BCUT2D eigenvalue weighted by atomic mass is 10.1. The Hall–Kier alpha value is -2.14. The van der Waals surface area contributed by atoms with Crippen molar-refractivity contribution in [3.05, 3.63) is 42.0 Å². The second kappa shape index (κ2) is 8.48. The van der Waals surface area contributed by atoms with Crippen molar-refractivity contribution < 1.29 is 9.59 Å². The zero-order chi connectivity index (χ0) is 16.7. The number of likely N-dealkylation sites (N-methyl/N-ethyl adjacent to an activating group) is 1. The third-order valence-corrected chi connectivity index (χ3v) is 4.14. The first kappa shape index (κ1) is 17.2. The van der Waals surface area contributed by atoms with Gasteiger partial charge in [0.05, 0.1) is 6.54 Å². The minimum Gasteiger partial charge on any atom is -0.350 e. The Morgan fingerprint density at radius 2 is 1.96 bits per heavy atom. The number of carbonyl (C=O) groups is 2. The van der Waals surface area contributed by atoms with Crippen LogP contribution in [0.15, 0.2) is 36.4 Å². The quantitative estimate of drug-likeness (QED) is 0.781. The molecule has 124 valence electrons. The van der Waals surface area contributed by atoms with Gasteiger partial charge >= 0.3 is 0 Å². The van der Waals surface area contributed by atoms with Gasteiger partial charge in [0, 0.05) is 18.2 Å². The summed E-state index contributed by atoms with van der Waals surface area (Å²) in [5, 5.41) is 5.64. The molecule has 0 aromatic heterocycles. The van der Waals surface area contributed by atoms with Gasteiger partial charge in [-0.1, -0.05) is 30.3 Å². The molecule has 1 aliphatic rings. The predicted octanol–water partition coefficient (Wildman–Crippen LogP) is 1.41. The number of amides is 2. The molecule has 0 aliphatic heterocycles. The number of hydrogen-bond donors (Lipinski definition) is 2. The number of nitrogens with zero attached hydrogens (tertiary/aromatic N) is 1. The van der Waals surface area contributed by atoms with Crippen LogP contribution in [0.2, 0.25) is 0 Å². The zero-order valence-electron chi connectivity index (χ0n) is 13.8. The summed E-state index contributed by atoms with van der Waals surface area (Å²) in [6.07, 6.45) is 6.40. The van der Waals surface area contributed by atoms with Crippen molar-refractivity contribution in [1.82, 2.24) is 15.5 Å². The fourth-order valence-corrected chi connectivity index (χ4v) is 2.95. The van der Waals surface area contributed by atoms with Gasteiger partial charge < -0.3 is 15.5 Å². The number of hydrogen-bond acceptors (Lipinski definition) is 3. The third-order valence-electron chi connectivity index (χ3n) is 4.14. The fraction of sp³-hybridized carbons (Fsp3) is 0.444. The molecule has 0 bridgehead atoms. The molecule has 2 rings (SSSR count). The van der Waals surface area contributed by atoms with Crippen LogP contribution in [-0.4, -0.2) is 49.4 Å². The van der Waals surface area contributed by atoms with Gasteiger partial charge in [0.1, 0.15) is 0 Å². The predicted molar refractivity (Wildman–Crippen MR) is 91.7 cm³/mol. The Bertz CT molecular complexity index is 555. The number of carbonyl (C=O) groups excluding carboxylic acids is 2. The molecular weight excluding hydrogens is 290 g/mol. The first-order chi connectivity index (χ1) is 11.1. The average molecular weight is 315 g/mol. The molecule has 2 N–H and O–H groups in total. The highest BCUT2D eigenvalue weighted by atomic mass is 16.2. The van der Waals surface area contributed by atoms with Crippen LogP contribution in [0.3, 0.4) is 0 Å². The van der Waals surface area contributed by atoms with E-state index < -0.39 is 0 Å². The minimum absolute atomic E-state index is 0.00854. The molecule has 1 fully saturated rings. The lowest BCUT2D eigenvalue weighted by Gasteiger charge is -2.26. The highest BCUT2D eigenvalue weighted by Crippen LogP contribution is 2.22. The SMILES string of the molecule is CN(C)[C@@H]1CCC[C@H]1NC(=O)CNC(=O)/C=C/c1ccccc1. The molecule has 1 aliphatic carbocycles. The molecule has 1 aromatic carbocycles. The average Bonchev–Trinajstić information content (AvgIpc) is 3.00. The molecule has 23 heavy (non-hydrogen) atoms. The van der Waals surface area contributed by atoms with Crippen molar-refractivity contribution in [1.29, 1.82) is 0 Å². The lowest BCUT2D eigenvalue weighted by Crippen LogP contribution is -2.48. The summed E-state index contributed by atoms with van der Waals surface area (Å²) >= 11 is 0. The maximum absolute atomic E-state index is 12.0. The molecule has 1 saturated carbocycles. The van der Waals surface area contributed by atoms with Gasteiger partial charge in [0.15, 0.2) is 0 Å². The van der Waals surface area contributed by atoms with E-state index in [0.717, 1.165) is 24.8 Å². The second-order valence-electron chi connectivity index (χ2n) is 6.10. The summed E-state index contributed by atoms with van der Waals surface area (Å²) < 4.78 is 0. The maximum atomic E-state index is 12.0. The fourth-order valence-electron chi connectivity index (χ4n) is 2.95. The Morgan fingerprint density at radius 3 is 2.65 bits per heavy atom. The summed E-state index contributed by atoms with van der Waals surface area (Å²) in [7, 11) is 4.07. The van der Waals surface area contributed by atoms with Crippen LogP contribution in [0.5, 0.6) is 0 Å². The van der Waals surface area contributed by atoms with Crippen LogP contribution in [0.25, 0.3) is 6.08 Å². The number of rotatable bonds is 6. The van der Waals surface area contributed by atoms with E-state index in [4.69, 9.17) is 0 Å². The second-order valence-corrected chi connectivity index (χ2v) is 6.10. The Kier molecular flexibility index (Phi) is 6.35. The number of nitrogens with one attached hydrogen (secondary N) is 2. The smallest absolute Gasteiger partial charge is 0.244 e. The first-order valence-electron chi connectivity index (χ1n) is 8.03. The number of benzene rings is 1. The monoisotopic (exact) mass is 315 g/mol. The highest BCUT2D eigenvalue weighted by Gasteiger charge is 2.29. The largest absolute Gasteiger partial charge is 0.350 e. The molecule has 0 spiro atoms. The zero-order valence-corrected chi connectivity index (χ0v) is 13.8. The summed E-state index contributed by atoms with van der Waals surface area (Å²) in [5.41, 5.74) is 0.951. The van der Waals surface area contributed by atoms with Gasteiger partial charge in [-0.3, -0.25) is 9.59 Å². The molecule has 0 radical (unpaired) electrons. The summed E-state index contributed by atoms with van der Waals surface area (Å²) in [6, 6.07) is 10.1. The molecule has 0 heterocycles. The standard InChI is InChI=1S/C18H25N3O2/c1-21(2)16-10-6-9-15(16)20-18(23)13-19-17(22)12-11-14-7-4-3-5-8-14/h3-5,7-8,11-12,15-16H,6,9-10,13H2,1-2H3,(H,19,22)(H,20,23)/b12-11+/t15-,16-/m1/s1. The summed E-state index contributed by atoms with van der Waals surface area (Å²) in [5.74, 6) is -0.398. The van der Waals surface area contributed by atoms with Gasteiger partial charge in [0.25, 0.3) is 0 Å². The van der Waals surface area contributed by atoms with Gasteiger partial charge in [-0.2, -0.15) is 0 Å². The van der Waals surface area contributed by atoms with Gasteiger partial charge in [-0.15, -0.1) is 0 Å². The summed E-state index contributed by atoms with van der Waals surface area (Å²) in [4.78, 5) is 25.9. The van der Waals surface area contributed by atoms with E-state index in [1.165, 1.54) is 6.08 Å². The topological polar surface area (TPSA) is 61.4 Å². The van der Waals surface area contributed by atoms with E-state index in [1.807, 2.05) is 44.4 Å². The van der Waals surface area contributed by atoms with Crippen molar-refractivity contribution in [2.45, 2.75) is 31.3 Å². The van der Waals surface area contributed by atoms with Gasteiger partial charge in [-0.05, 0) is 45.0 Å². The van der Waals surface area contributed by atoms with Crippen LogP contribution in [-0.2, 0) is 9.59 Å². The van der Waals surface area contributed by atoms with Crippen molar-refractivity contribution in [3.63, 3.8) is 0 Å². The van der Waals surface area contributed by atoms with Gasteiger partial charge in [-0.25, -0.2) is 0 Å². The van der Waals surface area contributed by atoms with E-state index in [0.29, 0.717) is 6.04 Å². The maximum Gasteiger partial charge on any atom is 0.244 e. The van der Waals surface area contributed by atoms with Crippen LogP contribution in [0.4, 0.5) is 0 Å². The summed E-state index contributed by atoms with van der Waals surface area (Å²) in [6.45, 7) is 0.00854. The molecule has 2 atom stereocenters. The minimum atomic E-state index is -0.264. The van der Waals surface area contributed by atoms with Crippen molar-refractivity contribution in [2.24, 2.45) is 0 Å². The van der Waals surface area contributed by atoms with E-state index in [2.05, 4.69) is 15.5 Å². The first-order valence-corrected chi connectivity index (χ1v) is 8.03. The Morgan fingerprint density at radius 1 is 1.22 bits per heavy atom. The van der Waals surface area contributed by atoms with E-state index >= 15 is 0 Å². The highest BCUT2D eigenvalue weighted by molar-refractivity contribution is 5.94. The van der Waals surface area contributed by atoms with Crippen molar-refractivity contribution in [2.75, 3.05) is 20.6 Å². The molecule has 2 amide bonds. The van der Waals surface area contributed by atoms with Crippen LogP contribution >= 0.6 is 0 Å². The molecule has 5 heteroatoms. The normalized spacial score (nSPS) is 20.8. The molecule has 0 unspecified atom stereocenters. The van der Waals surface area contributed by atoms with Crippen LogP contribution in [0.1, 0.15) is 24.8 Å². The molecule has 1 aromatic rings. The van der Waals surface area contributed by atoms with E-state index in [-0.39, 0.29) is 24.4 Å². The third kappa shape index (κ3) is 5.53. The van der Waals surface area contributed by atoms with Crippen LogP contribution in [0, 0.1) is 0 Å². The van der Waals surface area contributed by atoms with Gasteiger partial charge in [0.2, 0.25) is 11.8 Å². The van der Waals surface area contributed by atoms with Crippen molar-refractivity contribution >= 4 is 17.9 Å². The van der Waals surface area contributed by atoms with Crippen molar-refractivity contribution in [3.8, 4) is 0 Å². The Labute approximate surface area is 137 Å². The molecule has 0 saturated heterocycles. The molecule has 5 nitrogen and oxygen atoms in total. The van der Waals surface area contributed by atoms with E-state index in [1.54, 1.807) is 6.08 Å². The molecular formula is C18H25N3O2. The van der Waals surface area contributed by atoms with E-state index in [9.17, 15) is 9.59 Å². The lowest BCUT2D eigenvalue weighted by molar-refractivity contribution is -0.124. The Balaban J connectivity index is 1.74. The van der Waals surface area contributed by atoms with Crippen LogP contribution < -0.4 is 10.6 Å².